The van der Waals surface area contributed by atoms with Crippen molar-refractivity contribution in [3.05, 3.63) is 182 Å². The van der Waals surface area contributed by atoms with Gasteiger partial charge in [-0.25, -0.2) is 0 Å². The summed E-state index contributed by atoms with van der Waals surface area (Å²) in [5.41, 5.74) is 12.0. The van der Waals surface area contributed by atoms with E-state index in [0.717, 1.165) is 11.4 Å². The van der Waals surface area contributed by atoms with Gasteiger partial charge in [-0.2, -0.15) is 0 Å². The summed E-state index contributed by atoms with van der Waals surface area (Å²) in [4.78, 5) is 0. The predicted molar refractivity (Wildman–Crippen MR) is 219 cm³/mol. The maximum Gasteiger partial charge on any atom is 0.0562 e. The molecule has 2 nitrogen and oxygen atoms in total. The first kappa shape index (κ1) is 28.4. The van der Waals surface area contributed by atoms with Crippen LogP contribution in [0.1, 0.15) is 0 Å². The van der Waals surface area contributed by atoms with Crippen molar-refractivity contribution in [2.24, 2.45) is 0 Å². The van der Waals surface area contributed by atoms with Gasteiger partial charge < -0.3 is 9.13 Å². The first-order valence-corrected chi connectivity index (χ1v) is 18.2. The lowest BCUT2D eigenvalue weighted by molar-refractivity contribution is 1.16. The number of thiophene rings is 1. The van der Waals surface area contributed by atoms with Crippen molar-refractivity contribution in [3.8, 4) is 33.6 Å². The van der Waals surface area contributed by atoms with E-state index in [1.807, 2.05) is 11.3 Å². The van der Waals surface area contributed by atoms with Gasteiger partial charge in [0, 0.05) is 53.1 Å². The second-order valence-electron chi connectivity index (χ2n) is 13.4. The Labute approximate surface area is 298 Å². The average Bonchev–Trinajstić information content (AvgIpc) is 3.84. The lowest BCUT2D eigenvalue weighted by Crippen LogP contribution is -1.96. The molecule has 11 aromatic rings. The molecule has 0 N–H and O–H groups in total. The standard InChI is InChI=1S/C48H30N2S/c1-2-12-31(13-3-1)32-14-10-16-35(26-32)49-43-21-7-4-18-37(43)40-29-41-38-19-5-8-22-44(38)50(46(41)30-45(40)49)36-17-11-15-33(27-36)34-24-25-48-42(28-34)39-20-6-9-23-47(39)51-48/h1-30H. The van der Waals surface area contributed by atoms with E-state index in [1.165, 1.54) is 86.0 Å². The zero-order chi connectivity index (χ0) is 33.5. The normalized spacial score (nSPS) is 11.9. The van der Waals surface area contributed by atoms with Gasteiger partial charge in [0.2, 0.25) is 0 Å². The Balaban J connectivity index is 1.15. The summed E-state index contributed by atoms with van der Waals surface area (Å²) >= 11 is 1.86. The number of fused-ring (bicyclic) bond motifs is 9. The third-order valence-electron chi connectivity index (χ3n) is 10.5. The molecule has 0 aliphatic carbocycles. The van der Waals surface area contributed by atoms with Crippen molar-refractivity contribution in [1.29, 1.82) is 0 Å². The van der Waals surface area contributed by atoms with Crippen LogP contribution in [0.2, 0.25) is 0 Å². The van der Waals surface area contributed by atoms with Gasteiger partial charge in [0.1, 0.15) is 0 Å². The molecule has 8 aromatic carbocycles. The van der Waals surface area contributed by atoms with Crippen LogP contribution in [0.25, 0.3) is 97.4 Å². The molecule has 3 heterocycles. The van der Waals surface area contributed by atoms with Crippen molar-refractivity contribution in [2.45, 2.75) is 0 Å². The van der Waals surface area contributed by atoms with Gasteiger partial charge in [-0.15, -0.1) is 11.3 Å². The van der Waals surface area contributed by atoms with Crippen LogP contribution in [-0.2, 0) is 0 Å². The van der Waals surface area contributed by atoms with Crippen LogP contribution in [0.4, 0.5) is 0 Å². The summed E-state index contributed by atoms with van der Waals surface area (Å²) in [6.07, 6.45) is 0. The Morgan fingerprint density at radius 2 is 0.784 bits per heavy atom. The lowest BCUT2D eigenvalue weighted by atomic mass is 10.0. The van der Waals surface area contributed by atoms with Crippen molar-refractivity contribution in [2.75, 3.05) is 0 Å². The highest BCUT2D eigenvalue weighted by Crippen LogP contribution is 2.41. The third kappa shape index (κ3) is 4.35. The maximum absolute atomic E-state index is 2.45. The van der Waals surface area contributed by atoms with Crippen LogP contribution in [0.15, 0.2) is 182 Å². The second-order valence-corrected chi connectivity index (χ2v) is 14.5. The van der Waals surface area contributed by atoms with Crippen LogP contribution in [0, 0.1) is 0 Å². The van der Waals surface area contributed by atoms with Gasteiger partial charge in [-0.1, -0.05) is 115 Å². The molecule has 0 bridgehead atoms. The number of aromatic nitrogens is 2. The molecule has 0 saturated heterocycles. The van der Waals surface area contributed by atoms with E-state index in [4.69, 9.17) is 0 Å². The fourth-order valence-electron chi connectivity index (χ4n) is 8.17. The van der Waals surface area contributed by atoms with Crippen molar-refractivity contribution < 1.29 is 0 Å². The van der Waals surface area contributed by atoms with E-state index in [-0.39, 0.29) is 0 Å². The number of hydrogen-bond donors (Lipinski definition) is 0. The molecule has 3 aromatic heterocycles. The molecule has 51 heavy (non-hydrogen) atoms. The molecule has 0 fully saturated rings. The third-order valence-corrected chi connectivity index (χ3v) is 11.6. The summed E-state index contributed by atoms with van der Waals surface area (Å²) in [6, 6.07) is 66.7. The van der Waals surface area contributed by atoms with Crippen LogP contribution in [-0.4, -0.2) is 9.13 Å². The van der Waals surface area contributed by atoms with E-state index in [1.54, 1.807) is 0 Å². The highest BCUT2D eigenvalue weighted by Gasteiger charge is 2.19. The Bertz CT molecular complexity index is 3140. The zero-order valence-electron chi connectivity index (χ0n) is 27.6. The molecule has 0 saturated carbocycles. The smallest absolute Gasteiger partial charge is 0.0562 e. The lowest BCUT2D eigenvalue weighted by Gasteiger charge is -2.12. The maximum atomic E-state index is 2.45. The Morgan fingerprint density at radius 1 is 0.275 bits per heavy atom. The van der Waals surface area contributed by atoms with Crippen LogP contribution < -0.4 is 0 Å². The summed E-state index contributed by atoms with van der Waals surface area (Å²) in [7, 11) is 0. The fourth-order valence-corrected chi connectivity index (χ4v) is 9.26. The summed E-state index contributed by atoms with van der Waals surface area (Å²) in [5, 5.41) is 7.68. The molecule has 0 radical (unpaired) electrons. The number of rotatable bonds is 4. The fraction of sp³-hybridized carbons (Fsp3) is 0. The molecular formula is C48H30N2S. The van der Waals surface area contributed by atoms with Gasteiger partial charge in [0.15, 0.2) is 0 Å². The van der Waals surface area contributed by atoms with E-state index in [9.17, 15) is 0 Å². The van der Waals surface area contributed by atoms with Crippen molar-refractivity contribution in [3.63, 3.8) is 0 Å². The quantitative estimate of drug-likeness (QED) is 0.177. The van der Waals surface area contributed by atoms with E-state index in [2.05, 4.69) is 191 Å². The molecular weight excluding hydrogens is 637 g/mol. The van der Waals surface area contributed by atoms with Gasteiger partial charge in [-0.05, 0) is 89.0 Å². The van der Waals surface area contributed by atoms with Crippen LogP contribution >= 0.6 is 11.3 Å². The number of hydrogen-bond acceptors (Lipinski definition) is 1. The first-order valence-electron chi connectivity index (χ1n) is 17.4. The SMILES string of the molecule is c1ccc(-c2cccc(-n3c4ccccc4c4cc5c6ccccc6n(-c6cccc(-c7ccc8sc9ccccc9c8c7)c6)c5cc43)c2)cc1. The van der Waals surface area contributed by atoms with Crippen molar-refractivity contribution in [1.82, 2.24) is 9.13 Å². The minimum absolute atomic E-state index is 1.15. The topological polar surface area (TPSA) is 9.86 Å². The molecule has 11 rings (SSSR count). The minimum Gasteiger partial charge on any atom is -0.309 e. The summed E-state index contributed by atoms with van der Waals surface area (Å²) in [6.45, 7) is 0. The van der Waals surface area contributed by atoms with Gasteiger partial charge in [0.05, 0.1) is 22.1 Å². The Morgan fingerprint density at radius 3 is 1.45 bits per heavy atom. The highest BCUT2D eigenvalue weighted by atomic mass is 32.1. The van der Waals surface area contributed by atoms with E-state index >= 15 is 0 Å². The molecule has 0 amide bonds. The van der Waals surface area contributed by atoms with Crippen molar-refractivity contribution >= 4 is 75.1 Å². The van der Waals surface area contributed by atoms with Gasteiger partial charge in [-0.3, -0.25) is 0 Å². The van der Waals surface area contributed by atoms with E-state index < -0.39 is 0 Å². The highest BCUT2D eigenvalue weighted by molar-refractivity contribution is 7.25. The largest absolute Gasteiger partial charge is 0.309 e. The predicted octanol–water partition coefficient (Wildman–Crippen LogP) is 13.6. The Hall–Kier alpha value is -6.42. The van der Waals surface area contributed by atoms with Gasteiger partial charge >= 0.3 is 0 Å². The average molecular weight is 667 g/mol. The second kappa shape index (κ2) is 11.0. The summed E-state index contributed by atoms with van der Waals surface area (Å²) < 4.78 is 7.55. The number of para-hydroxylation sites is 2. The Kier molecular flexibility index (Phi) is 6.16. The summed E-state index contributed by atoms with van der Waals surface area (Å²) in [5.74, 6) is 0. The minimum atomic E-state index is 1.15. The first-order chi connectivity index (χ1) is 25.3. The molecule has 0 atom stereocenters. The van der Waals surface area contributed by atoms with E-state index in [0.29, 0.717) is 0 Å². The molecule has 3 heteroatoms. The molecule has 0 spiro atoms. The molecule has 238 valence electrons. The molecule has 0 aliphatic rings. The van der Waals surface area contributed by atoms with Gasteiger partial charge in [0.25, 0.3) is 0 Å². The van der Waals surface area contributed by atoms with Crippen LogP contribution in [0.3, 0.4) is 0 Å². The zero-order valence-corrected chi connectivity index (χ0v) is 28.4. The molecule has 0 aliphatic heterocycles. The number of nitrogens with zero attached hydrogens (tertiary/aromatic N) is 2. The monoisotopic (exact) mass is 666 g/mol. The number of benzene rings is 8. The molecule has 0 unspecified atom stereocenters. The van der Waals surface area contributed by atoms with Crippen LogP contribution in [0.5, 0.6) is 0 Å².